The van der Waals surface area contributed by atoms with E-state index in [1.807, 2.05) is 35.3 Å². The molecule has 1 aliphatic carbocycles. The molecule has 0 aromatic heterocycles. The largest absolute Gasteiger partial charge is 0.488 e. The van der Waals surface area contributed by atoms with Crippen molar-refractivity contribution >= 4 is 11.6 Å². The number of amides is 1. The van der Waals surface area contributed by atoms with Gasteiger partial charge in [0, 0.05) is 18.5 Å². The average molecular weight is 327 g/mol. The van der Waals surface area contributed by atoms with Crippen molar-refractivity contribution in [3.05, 3.63) is 30.3 Å². The number of carbonyl (C=O) groups excluding carboxylic acids is 1. The van der Waals surface area contributed by atoms with Crippen molar-refractivity contribution in [2.24, 2.45) is 16.9 Å². The summed E-state index contributed by atoms with van der Waals surface area (Å²) in [5.74, 6) is 1.90. The topological polar surface area (TPSA) is 45.1 Å². The lowest BCUT2D eigenvalue weighted by molar-refractivity contribution is -0.145. The maximum Gasteiger partial charge on any atom is 0.247 e. The molecule has 5 heteroatoms. The van der Waals surface area contributed by atoms with Gasteiger partial charge < -0.3 is 9.64 Å². The standard InChI is InChI=1S/C19H25N3O2/c1-13-17(12-24-16-6-4-3-5-7-16)20-22-11-10-21(19(23)18(13)22)14(2)15-8-9-15/h3-7,13-15,18H,8-12H2,1-2H3. The minimum atomic E-state index is -0.144. The SMILES string of the molecule is CC1C(COc2ccccc2)=NN2CCN(C(C)C3CC3)C(=O)C12. The van der Waals surface area contributed by atoms with E-state index in [0.717, 1.165) is 24.6 Å². The Hall–Kier alpha value is -2.04. The zero-order chi connectivity index (χ0) is 16.7. The molecule has 1 aromatic rings. The van der Waals surface area contributed by atoms with E-state index in [4.69, 9.17) is 4.74 Å². The first-order valence-electron chi connectivity index (χ1n) is 8.97. The monoisotopic (exact) mass is 327 g/mol. The van der Waals surface area contributed by atoms with Crippen LogP contribution in [0.5, 0.6) is 5.75 Å². The lowest BCUT2D eigenvalue weighted by atomic mass is 9.94. The second-order valence-corrected chi connectivity index (χ2v) is 7.20. The van der Waals surface area contributed by atoms with Gasteiger partial charge in [-0.2, -0.15) is 5.10 Å². The minimum Gasteiger partial charge on any atom is -0.488 e. The van der Waals surface area contributed by atoms with Crippen LogP contribution in [0.2, 0.25) is 0 Å². The molecule has 1 aromatic carbocycles. The first kappa shape index (κ1) is 15.5. The molecule has 3 unspecified atom stereocenters. The molecule has 0 bridgehead atoms. The van der Waals surface area contributed by atoms with E-state index in [-0.39, 0.29) is 17.9 Å². The fourth-order valence-electron chi connectivity index (χ4n) is 3.85. The van der Waals surface area contributed by atoms with E-state index >= 15 is 0 Å². The van der Waals surface area contributed by atoms with Crippen molar-refractivity contribution in [2.45, 2.75) is 38.8 Å². The van der Waals surface area contributed by atoms with Gasteiger partial charge in [0.1, 0.15) is 18.4 Å². The van der Waals surface area contributed by atoms with Gasteiger partial charge in [0.2, 0.25) is 5.91 Å². The predicted octanol–water partition coefficient (Wildman–Crippen LogP) is 2.38. The van der Waals surface area contributed by atoms with E-state index in [0.29, 0.717) is 18.6 Å². The van der Waals surface area contributed by atoms with Crippen LogP contribution in [-0.2, 0) is 4.79 Å². The highest BCUT2D eigenvalue weighted by Gasteiger charge is 2.47. The molecule has 24 heavy (non-hydrogen) atoms. The molecule has 1 saturated heterocycles. The molecule has 3 atom stereocenters. The number of carbonyl (C=O) groups is 1. The maximum absolute atomic E-state index is 13.0. The molecule has 0 spiro atoms. The molecule has 128 valence electrons. The lowest BCUT2D eigenvalue weighted by Gasteiger charge is -2.40. The highest BCUT2D eigenvalue weighted by molar-refractivity contribution is 5.97. The van der Waals surface area contributed by atoms with Gasteiger partial charge in [-0.05, 0) is 37.8 Å². The van der Waals surface area contributed by atoms with Crippen LogP contribution < -0.4 is 4.74 Å². The summed E-state index contributed by atoms with van der Waals surface area (Å²) in [4.78, 5) is 15.1. The second kappa shape index (κ2) is 6.11. The van der Waals surface area contributed by atoms with Crippen LogP contribution in [0.15, 0.2) is 35.4 Å². The predicted molar refractivity (Wildman–Crippen MR) is 92.9 cm³/mol. The van der Waals surface area contributed by atoms with Crippen LogP contribution in [0.3, 0.4) is 0 Å². The van der Waals surface area contributed by atoms with Gasteiger partial charge in [0.05, 0.1) is 12.3 Å². The third kappa shape index (κ3) is 2.76. The number of hydrazone groups is 1. The molecule has 0 radical (unpaired) electrons. The Balaban J connectivity index is 1.42. The summed E-state index contributed by atoms with van der Waals surface area (Å²) in [5.41, 5.74) is 0.970. The van der Waals surface area contributed by atoms with Crippen LogP contribution >= 0.6 is 0 Å². The van der Waals surface area contributed by atoms with E-state index in [2.05, 4.69) is 23.8 Å². The van der Waals surface area contributed by atoms with Gasteiger partial charge in [-0.3, -0.25) is 9.80 Å². The highest BCUT2D eigenvalue weighted by atomic mass is 16.5. The smallest absolute Gasteiger partial charge is 0.247 e. The van der Waals surface area contributed by atoms with Crippen molar-refractivity contribution in [1.82, 2.24) is 9.91 Å². The lowest BCUT2D eigenvalue weighted by Crippen LogP contribution is -2.58. The van der Waals surface area contributed by atoms with E-state index in [1.165, 1.54) is 12.8 Å². The molecule has 5 nitrogen and oxygen atoms in total. The Morgan fingerprint density at radius 2 is 2.00 bits per heavy atom. The minimum absolute atomic E-state index is 0.107. The molecule has 0 N–H and O–H groups in total. The van der Waals surface area contributed by atoms with Gasteiger partial charge in [0.15, 0.2) is 0 Å². The number of benzene rings is 1. The summed E-state index contributed by atoms with van der Waals surface area (Å²) < 4.78 is 5.84. The van der Waals surface area contributed by atoms with Crippen molar-refractivity contribution in [1.29, 1.82) is 0 Å². The summed E-state index contributed by atoms with van der Waals surface area (Å²) in [7, 11) is 0. The summed E-state index contributed by atoms with van der Waals surface area (Å²) >= 11 is 0. The van der Waals surface area contributed by atoms with Gasteiger partial charge in [-0.1, -0.05) is 25.1 Å². The van der Waals surface area contributed by atoms with E-state index in [1.54, 1.807) is 0 Å². The number of para-hydroxylation sites is 1. The number of nitrogens with zero attached hydrogens (tertiary/aromatic N) is 3. The van der Waals surface area contributed by atoms with E-state index in [9.17, 15) is 4.79 Å². The Bertz CT molecular complexity index is 641. The fourth-order valence-corrected chi connectivity index (χ4v) is 3.85. The van der Waals surface area contributed by atoms with Gasteiger partial charge in [-0.25, -0.2) is 0 Å². The number of hydrogen-bond acceptors (Lipinski definition) is 4. The molecule has 3 aliphatic rings. The molecule has 4 rings (SSSR count). The van der Waals surface area contributed by atoms with Gasteiger partial charge >= 0.3 is 0 Å². The Morgan fingerprint density at radius 3 is 2.71 bits per heavy atom. The third-order valence-corrected chi connectivity index (χ3v) is 5.61. The zero-order valence-electron chi connectivity index (χ0n) is 14.4. The molecule has 1 amide bonds. The Morgan fingerprint density at radius 1 is 1.25 bits per heavy atom. The van der Waals surface area contributed by atoms with Crippen LogP contribution in [0.25, 0.3) is 0 Å². The van der Waals surface area contributed by atoms with Crippen LogP contribution in [0.4, 0.5) is 0 Å². The number of piperazine rings is 1. The average Bonchev–Trinajstić information content (AvgIpc) is 3.39. The summed E-state index contributed by atoms with van der Waals surface area (Å²) in [6.07, 6.45) is 2.53. The maximum atomic E-state index is 13.0. The van der Waals surface area contributed by atoms with Gasteiger partial charge in [-0.15, -0.1) is 0 Å². The van der Waals surface area contributed by atoms with E-state index < -0.39 is 0 Å². The summed E-state index contributed by atoms with van der Waals surface area (Å²) in [6, 6.07) is 10.00. The summed E-state index contributed by atoms with van der Waals surface area (Å²) in [6.45, 7) is 6.36. The fraction of sp³-hybridized carbons (Fsp3) is 0.579. The van der Waals surface area contributed by atoms with Crippen molar-refractivity contribution in [3.8, 4) is 5.75 Å². The molecule has 1 saturated carbocycles. The first-order valence-corrected chi connectivity index (χ1v) is 8.97. The van der Waals surface area contributed by atoms with Crippen molar-refractivity contribution in [3.63, 3.8) is 0 Å². The number of hydrogen-bond donors (Lipinski definition) is 0. The number of ether oxygens (including phenoxy) is 1. The normalized spacial score (nSPS) is 27.8. The van der Waals surface area contributed by atoms with Crippen LogP contribution in [0.1, 0.15) is 26.7 Å². The molecular weight excluding hydrogens is 302 g/mol. The van der Waals surface area contributed by atoms with Crippen LogP contribution in [0, 0.1) is 11.8 Å². The highest BCUT2D eigenvalue weighted by Crippen LogP contribution is 2.37. The number of rotatable bonds is 5. The third-order valence-electron chi connectivity index (χ3n) is 5.61. The molecular formula is C19H25N3O2. The van der Waals surface area contributed by atoms with Gasteiger partial charge in [0.25, 0.3) is 0 Å². The Kier molecular flexibility index (Phi) is 3.94. The van der Waals surface area contributed by atoms with Crippen molar-refractivity contribution < 1.29 is 9.53 Å². The first-order chi connectivity index (χ1) is 11.6. The molecule has 2 heterocycles. The molecule has 2 fully saturated rings. The zero-order valence-corrected chi connectivity index (χ0v) is 14.4. The summed E-state index contributed by atoms with van der Waals surface area (Å²) in [5, 5.41) is 6.67. The Labute approximate surface area is 143 Å². The quantitative estimate of drug-likeness (QED) is 0.834. The second-order valence-electron chi connectivity index (χ2n) is 7.20. The van der Waals surface area contributed by atoms with Crippen molar-refractivity contribution in [2.75, 3.05) is 19.7 Å². The van der Waals surface area contributed by atoms with Crippen LogP contribution in [-0.4, -0.2) is 53.3 Å². The molecule has 2 aliphatic heterocycles. The number of fused-ring (bicyclic) bond motifs is 1.